The lowest BCUT2D eigenvalue weighted by Gasteiger charge is -2.37. The van der Waals surface area contributed by atoms with Crippen molar-refractivity contribution >= 4 is 25.3 Å². The Morgan fingerprint density at radius 1 is 1.30 bits per heavy atom. The van der Waals surface area contributed by atoms with Crippen LogP contribution < -0.4 is 11.4 Å². The number of rotatable bonds is 4. The first-order valence-electron chi connectivity index (χ1n) is 10.2. The quantitative estimate of drug-likeness (QED) is 0.697. The van der Waals surface area contributed by atoms with Crippen molar-refractivity contribution < 1.29 is 18.6 Å². The van der Waals surface area contributed by atoms with E-state index >= 15 is 0 Å². The summed E-state index contributed by atoms with van der Waals surface area (Å²) in [6.45, 7) is 15.2. The molecule has 2 aromatic rings. The summed E-state index contributed by atoms with van der Waals surface area (Å²) in [5.74, 6) is -0.590. The molecule has 10 nitrogen and oxygen atoms in total. The number of hydrogen-bond donors (Lipinski definition) is 2. The van der Waals surface area contributed by atoms with Crippen LogP contribution >= 0.6 is 0 Å². The van der Waals surface area contributed by atoms with Crippen LogP contribution in [0.2, 0.25) is 18.1 Å². The Morgan fingerprint density at radius 3 is 2.63 bits per heavy atom. The van der Waals surface area contributed by atoms with E-state index in [1.807, 2.05) is 13.8 Å². The Kier molecular flexibility index (Phi) is 4.90. The van der Waals surface area contributed by atoms with Crippen LogP contribution in [0.3, 0.4) is 0 Å². The first-order valence-corrected chi connectivity index (χ1v) is 13.1. The van der Waals surface area contributed by atoms with Gasteiger partial charge in [0.15, 0.2) is 26.0 Å². The highest BCUT2D eigenvalue weighted by atomic mass is 28.4. The van der Waals surface area contributed by atoms with Gasteiger partial charge in [0.2, 0.25) is 0 Å². The molecule has 0 spiro atoms. The third-order valence-electron chi connectivity index (χ3n) is 6.29. The highest BCUT2D eigenvalue weighted by molar-refractivity contribution is 6.74. The maximum atomic E-state index is 11.9. The first-order chi connectivity index (χ1) is 13.8. The number of nitrogen functional groups attached to an aromatic ring is 1. The van der Waals surface area contributed by atoms with Gasteiger partial charge in [0.1, 0.15) is 29.6 Å². The molecule has 0 saturated carbocycles. The first kappa shape index (κ1) is 21.4. The normalized spacial score (nSPS) is 28.9. The molecule has 0 aliphatic carbocycles. The lowest BCUT2D eigenvalue weighted by molar-refractivity contribution is -0.199. The number of aromatic amines is 1. The number of hydrogen-bond acceptors (Lipinski definition) is 8. The highest BCUT2D eigenvalue weighted by Crippen LogP contribution is 2.45. The number of nitrogens with two attached hydrogens (primary N) is 1. The highest BCUT2D eigenvalue weighted by Gasteiger charge is 2.56. The number of fused-ring (bicyclic) bond motifs is 2. The molecule has 4 atom stereocenters. The van der Waals surface area contributed by atoms with E-state index in [0.29, 0.717) is 17.8 Å². The predicted octanol–water partition coefficient (Wildman–Crippen LogP) is 2.14. The SMILES string of the molecule is CC1(C)O[C@@H]2[C@H](O1)[C@@H](CO[Si](C)(C)C(C)(C)C)O[C@H]2n1cnc2c(N)[nH]c(=O)nc21. The lowest BCUT2D eigenvalue weighted by atomic mass is 10.1. The standard InChI is InChI=1S/C19H31N5O5Si/c1-18(2,3)30(6,7)26-8-10-12-13(29-19(4,5)28-12)16(27-10)24-9-21-11-14(20)22-17(25)23-15(11)24/h9-10,12-13,16H,8H2,1-7H3,(H3,20,22,23,25)/t10-,12-,13-,16-/m1/s1. The van der Waals surface area contributed by atoms with Crippen LogP contribution in [0.25, 0.3) is 11.2 Å². The fourth-order valence-electron chi connectivity index (χ4n) is 3.66. The van der Waals surface area contributed by atoms with Gasteiger partial charge >= 0.3 is 5.69 Å². The maximum absolute atomic E-state index is 11.9. The fourth-order valence-corrected chi connectivity index (χ4v) is 4.68. The number of ether oxygens (including phenoxy) is 3. The van der Waals surface area contributed by atoms with Gasteiger partial charge in [0.05, 0.1) is 12.9 Å². The Balaban J connectivity index is 1.65. The van der Waals surface area contributed by atoms with Gasteiger partial charge in [-0.25, -0.2) is 9.78 Å². The summed E-state index contributed by atoms with van der Waals surface area (Å²) in [4.78, 5) is 22.7. The summed E-state index contributed by atoms with van der Waals surface area (Å²) in [5, 5.41) is 0.0831. The molecule has 2 aliphatic rings. The van der Waals surface area contributed by atoms with Crippen LogP contribution in [-0.2, 0) is 18.6 Å². The number of nitrogens with zero attached hydrogens (tertiary/aromatic N) is 3. The zero-order valence-corrected chi connectivity index (χ0v) is 19.6. The van der Waals surface area contributed by atoms with Crippen molar-refractivity contribution in [3.8, 4) is 0 Å². The number of H-pyrrole nitrogens is 1. The van der Waals surface area contributed by atoms with E-state index in [-0.39, 0.29) is 23.1 Å². The molecule has 2 aliphatic heterocycles. The number of aromatic nitrogens is 4. The van der Waals surface area contributed by atoms with Crippen LogP contribution in [0, 0.1) is 0 Å². The minimum Gasteiger partial charge on any atom is -0.414 e. The summed E-state index contributed by atoms with van der Waals surface area (Å²) in [6, 6.07) is 0. The summed E-state index contributed by atoms with van der Waals surface area (Å²) in [5.41, 5.74) is 6.11. The second-order valence-electron chi connectivity index (χ2n) is 9.98. The van der Waals surface area contributed by atoms with E-state index in [1.165, 1.54) is 0 Å². The molecule has 4 heterocycles. The predicted molar refractivity (Wildman–Crippen MR) is 113 cm³/mol. The van der Waals surface area contributed by atoms with E-state index in [9.17, 15) is 4.79 Å². The fraction of sp³-hybridized carbons (Fsp3) is 0.737. The molecule has 2 saturated heterocycles. The van der Waals surface area contributed by atoms with Crippen LogP contribution in [0.1, 0.15) is 40.8 Å². The number of anilines is 1. The molecule has 2 aromatic heterocycles. The topological polar surface area (TPSA) is 127 Å². The second kappa shape index (κ2) is 6.86. The Hall–Kier alpha value is -1.79. The van der Waals surface area contributed by atoms with E-state index in [4.69, 9.17) is 24.4 Å². The molecule has 2 fully saturated rings. The number of imidazole rings is 1. The van der Waals surface area contributed by atoms with Crippen LogP contribution in [-0.4, -0.2) is 58.5 Å². The molecule has 0 bridgehead atoms. The van der Waals surface area contributed by atoms with Gasteiger partial charge in [-0.05, 0) is 32.0 Å². The van der Waals surface area contributed by atoms with E-state index in [0.717, 1.165) is 0 Å². The van der Waals surface area contributed by atoms with Crippen molar-refractivity contribution in [3.05, 3.63) is 16.8 Å². The molecule has 0 radical (unpaired) electrons. The Bertz CT molecular complexity index is 1010. The van der Waals surface area contributed by atoms with Gasteiger partial charge in [-0.1, -0.05) is 20.8 Å². The molecule has 166 valence electrons. The molecule has 0 aromatic carbocycles. The third kappa shape index (κ3) is 3.58. The third-order valence-corrected chi connectivity index (χ3v) is 10.8. The minimum atomic E-state index is -1.97. The van der Waals surface area contributed by atoms with Crippen molar-refractivity contribution in [1.82, 2.24) is 19.5 Å². The number of nitrogens with one attached hydrogen (secondary N) is 1. The minimum absolute atomic E-state index is 0.0831. The van der Waals surface area contributed by atoms with Gasteiger partial charge in [0, 0.05) is 0 Å². The monoisotopic (exact) mass is 437 g/mol. The van der Waals surface area contributed by atoms with Gasteiger partial charge < -0.3 is 24.4 Å². The Labute approximate surface area is 176 Å². The van der Waals surface area contributed by atoms with Gasteiger partial charge in [0.25, 0.3) is 0 Å². The molecule has 3 N–H and O–H groups in total. The molecule has 0 unspecified atom stereocenters. The van der Waals surface area contributed by atoms with Gasteiger partial charge in [-0.3, -0.25) is 9.55 Å². The van der Waals surface area contributed by atoms with Crippen LogP contribution in [0.4, 0.5) is 5.82 Å². The van der Waals surface area contributed by atoms with Crippen molar-refractivity contribution in [2.24, 2.45) is 0 Å². The molecule has 30 heavy (non-hydrogen) atoms. The van der Waals surface area contributed by atoms with E-state index in [2.05, 4.69) is 48.8 Å². The summed E-state index contributed by atoms with van der Waals surface area (Å²) in [7, 11) is -1.97. The van der Waals surface area contributed by atoms with Crippen molar-refractivity contribution in [1.29, 1.82) is 0 Å². The van der Waals surface area contributed by atoms with Gasteiger partial charge in [-0.15, -0.1) is 0 Å². The maximum Gasteiger partial charge on any atom is 0.348 e. The summed E-state index contributed by atoms with van der Waals surface area (Å²) in [6.07, 6.45) is -0.0371. The Morgan fingerprint density at radius 2 is 1.97 bits per heavy atom. The summed E-state index contributed by atoms with van der Waals surface area (Å²) >= 11 is 0. The lowest BCUT2D eigenvalue weighted by Crippen LogP contribution is -2.44. The van der Waals surface area contributed by atoms with Crippen LogP contribution in [0.5, 0.6) is 0 Å². The molecular formula is C19H31N5O5Si. The van der Waals surface area contributed by atoms with Crippen molar-refractivity contribution in [3.63, 3.8) is 0 Å². The average Bonchev–Trinajstić information content (AvgIpc) is 3.23. The molecule has 11 heteroatoms. The largest absolute Gasteiger partial charge is 0.414 e. The van der Waals surface area contributed by atoms with Crippen LogP contribution in [0.15, 0.2) is 11.1 Å². The summed E-state index contributed by atoms with van der Waals surface area (Å²) < 4.78 is 26.8. The van der Waals surface area contributed by atoms with E-state index in [1.54, 1.807) is 10.9 Å². The molecule has 4 rings (SSSR count). The molecule has 0 amide bonds. The van der Waals surface area contributed by atoms with Crippen molar-refractivity contribution in [2.45, 2.75) is 83.1 Å². The van der Waals surface area contributed by atoms with Gasteiger partial charge in [-0.2, -0.15) is 4.98 Å². The zero-order valence-electron chi connectivity index (χ0n) is 18.6. The van der Waals surface area contributed by atoms with Crippen molar-refractivity contribution in [2.75, 3.05) is 12.3 Å². The zero-order chi connectivity index (χ0) is 22.1. The smallest absolute Gasteiger partial charge is 0.348 e. The second-order valence-corrected chi connectivity index (χ2v) is 14.8. The average molecular weight is 438 g/mol. The molecular weight excluding hydrogens is 406 g/mol. The van der Waals surface area contributed by atoms with E-state index < -0.39 is 32.1 Å².